The molecule has 11 heavy (non-hydrogen) atoms. The molecule has 60 valence electrons. The number of benzene rings is 1. The maximum absolute atomic E-state index is 10.0. The van der Waals surface area contributed by atoms with Crippen LogP contribution < -0.4 is 4.18 Å². The Hall–Kier alpha value is -0.390. The van der Waals surface area contributed by atoms with Crippen LogP contribution in [0.25, 0.3) is 0 Å². The molecule has 0 aromatic heterocycles. The van der Waals surface area contributed by atoms with Crippen molar-refractivity contribution >= 4 is 27.3 Å². The highest BCUT2D eigenvalue weighted by Crippen LogP contribution is 2.16. The number of halogens is 1. The fourth-order valence-electron chi connectivity index (χ4n) is 0.569. The van der Waals surface area contributed by atoms with Crippen molar-refractivity contribution in [3.63, 3.8) is 0 Å². The summed E-state index contributed by atoms with van der Waals surface area (Å²) in [7, 11) is 0. The maximum Gasteiger partial charge on any atom is 0.139 e. The van der Waals surface area contributed by atoms with E-state index in [2.05, 4.69) is 20.1 Å². The van der Waals surface area contributed by atoms with E-state index in [0.29, 0.717) is 5.75 Å². The van der Waals surface area contributed by atoms with Crippen molar-refractivity contribution < 1.29 is 12.9 Å². The molecule has 1 unspecified atom stereocenters. The van der Waals surface area contributed by atoms with E-state index in [1.807, 2.05) is 0 Å². The lowest BCUT2D eigenvalue weighted by atomic mass is 10.3. The van der Waals surface area contributed by atoms with E-state index in [9.17, 15) is 8.76 Å². The predicted octanol–water partition coefficient (Wildman–Crippen LogP) is 1.62. The normalized spacial score (nSPS) is 12.5. The van der Waals surface area contributed by atoms with Crippen molar-refractivity contribution in [3.8, 4) is 5.75 Å². The Balaban J connectivity index is 2.74. The topological polar surface area (TPSA) is 49.4 Å². The van der Waals surface area contributed by atoms with E-state index < -0.39 is 11.4 Å². The fraction of sp³-hybridized carbons (Fsp3) is 0. The molecule has 0 radical (unpaired) electrons. The summed E-state index contributed by atoms with van der Waals surface area (Å²) in [5.74, 6) is 0.307. The Morgan fingerprint density at radius 1 is 1.36 bits per heavy atom. The van der Waals surface area contributed by atoms with Crippen LogP contribution in [-0.4, -0.2) is 8.76 Å². The van der Waals surface area contributed by atoms with Crippen molar-refractivity contribution in [2.75, 3.05) is 0 Å². The Bertz CT molecular complexity index is 259. The lowest BCUT2D eigenvalue weighted by molar-refractivity contribution is 0.440. The van der Waals surface area contributed by atoms with Gasteiger partial charge in [0.2, 0.25) is 0 Å². The van der Waals surface area contributed by atoms with Crippen LogP contribution in [0.1, 0.15) is 0 Å². The zero-order chi connectivity index (χ0) is 8.27. The highest BCUT2D eigenvalue weighted by molar-refractivity contribution is 9.10. The van der Waals surface area contributed by atoms with Crippen LogP contribution in [0.3, 0.4) is 0 Å². The van der Waals surface area contributed by atoms with Gasteiger partial charge in [0.05, 0.1) is 0 Å². The van der Waals surface area contributed by atoms with E-state index in [4.69, 9.17) is 0 Å². The summed E-state index contributed by atoms with van der Waals surface area (Å²) >= 11 is 0.714. The Kier molecular flexibility index (Phi) is 3.04. The molecule has 0 saturated heterocycles. The van der Waals surface area contributed by atoms with Gasteiger partial charge in [-0.25, -0.2) is 4.21 Å². The van der Waals surface area contributed by atoms with Crippen LogP contribution in [0.5, 0.6) is 5.75 Å². The molecule has 1 aromatic carbocycles. The van der Waals surface area contributed by atoms with Gasteiger partial charge in [-0.1, -0.05) is 15.9 Å². The summed E-state index contributed by atoms with van der Waals surface area (Å²) in [5.41, 5.74) is 0. The van der Waals surface area contributed by atoms with Gasteiger partial charge < -0.3 is 8.74 Å². The maximum atomic E-state index is 10.0. The first kappa shape index (κ1) is 8.70. The third-order valence-corrected chi connectivity index (χ3v) is 1.84. The molecule has 0 N–H and O–H groups in total. The van der Waals surface area contributed by atoms with Crippen LogP contribution in [-0.2, 0) is 11.4 Å². The summed E-state index contributed by atoms with van der Waals surface area (Å²) in [6.07, 6.45) is 0. The number of hydrogen-bond donors (Lipinski definition) is 0. The second-order valence-electron chi connectivity index (χ2n) is 1.74. The van der Waals surface area contributed by atoms with Crippen molar-refractivity contribution in [3.05, 3.63) is 28.7 Å². The van der Waals surface area contributed by atoms with Crippen molar-refractivity contribution in [1.29, 1.82) is 0 Å². The van der Waals surface area contributed by atoms with Gasteiger partial charge in [-0.3, -0.25) is 0 Å². The summed E-state index contributed by atoms with van der Waals surface area (Å²) in [4.78, 5) is 0. The number of rotatable bonds is 2. The summed E-state index contributed by atoms with van der Waals surface area (Å²) < 4.78 is 25.3. The summed E-state index contributed by atoms with van der Waals surface area (Å²) in [6.45, 7) is 0. The van der Waals surface area contributed by atoms with Gasteiger partial charge >= 0.3 is 0 Å². The van der Waals surface area contributed by atoms with Crippen LogP contribution in [0.4, 0.5) is 0 Å². The molecule has 0 amide bonds. The van der Waals surface area contributed by atoms with Gasteiger partial charge in [0.25, 0.3) is 0 Å². The quantitative estimate of drug-likeness (QED) is 0.733. The van der Waals surface area contributed by atoms with Gasteiger partial charge in [-0.05, 0) is 24.3 Å². The highest BCUT2D eigenvalue weighted by Gasteiger charge is 1.91. The van der Waals surface area contributed by atoms with Crippen molar-refractivity contribution in [2.24, 2.45) is 0 Å². The molecule has 0 fully saturated rings. The van der Waals surface area contributed by atoms with E-state index in [0.717, 1.165) is 4.47 Å². The lowest BCUT2D eigenvalue weighted by Gasteiger charge is -2.05. The minimum atomic E-state index is -2.49. The summed E-state index contributed by atoms with van der Waals surface area (Å²) in [5, 5.41) is 0. The average Bonchev–Trinajstić information content (AvgIpc) is 1.93. The SMILES string of the molecule is O=S([O-])Oc1ccc(Br)cc1. The first-order chi connectivity index (χ1) is 5.18. The van der Waals surface area contributed by atoms with Crippen LogP contribution in [0, 0.1) is 0 Å². The third kappa shape index (κ3) is 3.00. The Morgan fingerprint density at radius 3 is 2.36 bits per heavy atom. The molecule has 1 aromatic rings. The van der Waals surface area contributed by atoms with E-state index >= 15 is 0 Å². The summed E-state index contributed by atoms with van der Waals surface area (Å²) in [6, 6.07) is 6.50. The zero-order valence-electron chi connectivity index (χ0n) is 5.32. The molecular weight excluding hydrogens is 232 g/mol. The van der Waals surface area contributed by atoms with Crippen molar-refractivity contribution in [2.45, 2.75) is 0 Å². The molecule has 5 heteroatoms. The molecule has 1 rings (SSSR count). The number of hydrogen-bond acceptors (Lipinski definition) is 3. The second kappa shape index (κ2) is 3.85. The Labute approximate surface area is 75.0 Å². The standard InChI is InChI=1S/C6H5BrO3S/c7-5-1-3-6(4-2-5)10-11(8)9/h1-4H,(H,8,9)/p-1. The first-order valence-corrected chi connectivity index (χ1v) is 4.51. The minimum absolute atomic E-state index is 0.307. The molecule has 0 aliphatic heterocycles. The minimum Gasteiger partial charge on any atom is -0.740 e. The molecule has 0 spiro atoms. The molecular formula is C6H4BrO3S-. The zero-order valence-corrected chi connectivity index (χ0v) is 7.72. The van der Waals surface area contributed by atoms with Gasteiger partial charge in [0.15, 0.2) is 0 Å². The van der Waals surface area contributed by atoms with Gasteiger partial charge in [-0.2, -0.15) is 0 Å². The molecule has 0 saturated carbocycles. The van der Waals surface area contributed by atoms with Crippen LogP contribution >= 0.6 is 15.9 Å². The van der Waals surface area contributed by atoms with Crippen LogP contribution in [0.2, 0.25) is 0 Å². The average molecular weight is 236 g/mol. The van der Waals surface area contributed by atoms with E-state index in [1.165, 1.54) is 0 Å². The second-order valence-corrected chi connectivity index (χ2v) is 3.23. The third-order valence-electron chi connectivity index (χ3n) is 0.978. The molecule has 0 heterocycles. The predicted molar refractivity (Wildman–Crippen MR) is 43.7 cm³/mol. The fourth-order valence-corrected chi connectivity index (χ4v) is 1.10. The first-order valence-electron chi connectivity index (χ1n) is 2.71. The highest BCUT2D eigenvalue weighted by atomic mass is 79.9. The smallest absolute Gasteiger partial charge is 0.139 e. The lowest BCUT2D eigenvalue weighted by Crippen LogP contribution is -1.96. The molecule has 0 aliphatic rings. The van der Waals surface area contributed by atoms with Gasteiger partial charge in [0, 0.05) is 4.47 Å². The molecule has 3 nitrogen and oxygen atoms in total. The van der Waals surface area contributed by atoms with Gasteiger partial charge in [0.1, 0.15) is 17.1 Å². The Morgan fingerprint density at radius 2 is 1.91 bits per heavy atom. The van der Waals surface area contributed by atoms with Crippen molar-refractivity contribution in [1.82, 2.24) is 0 Å². The van der Waals surface area contributed by atoms with Gasteiger partial charge in [-0.15, -0.1) is 0 Å². The van der Waals surface area contributed by atoms with E-state index in [-0.39, 0.29) is 0 Å². The molecule has 0 bridgehead atoms. The largest absolute Gasteiger partial charge is 0.740 e. The van der Waals surface area contributed by atoms with E-state index in [1.54, 1.807) is 24.3 Å². The molecule has 0 aliphatic carbocycles. The molecule has 1 atom stereocenters. The van der Waals surface area contributed by atoms with Crippen LogP contribution in [0.15, 0.2) is 28.7 Å². The monoisotopic (exact) mass is 235 g/mol.